The molecule has 0 saturated carbocycles. The fourth-order valence-corrected chi connectivity index (χ4v) is 3.70. The number of aliphatic imine (C=N–C) groups is 1. The molecule has 1 aliphatic heterocycles. The first-order chi connectivity index (χ1) is 15.2. The molecule has 0 bridgehead atoms. The summed E-state index contributed by atoms with van der Waals surface area (Å²) in [6.45, 7) is 4.65. The van der Waals surface area contributed by atoms with Gasteiger partial charge in [0.15, 0.2) is 23.3 Å². The molecule has 1 aromatic heterocycles. The number of methoxy groups -OCH3 is 2. The van der Waals surface area contributed by atoms with E-state index in [9.17, 15) is 0 Å². The van der Waals surface area contributed by atoms with Crippen LogP contribution in [0.1, 0.15) is 37.0 Å². The molecule has 0 amide bonds. The fourth-order valence-electron chi connectivity index (χ4n) is 3.70. The number of guanidine groups is 1. The van der Waals surface area contributed by atoms with Crippen molar-refractivity contribution in [3.05, 3.63) is 35.4 Å². The Morgan fingerprint density at radius 1 is 1.28 bits per heavy atom. The molecule has 0 saturated heterocycles. The average Bonchev–Trinajstić information content (AvgIpc) is 3.18. The maximum absolute atomic E-state index is 5.67. The highest BCUT2D eigenvalue weighted by Gasteiger charge is 2.22. The van der Waals surface area contributed by atoms with Crippen LogP contribution in [0.15, 0.2) is 23.2 Å². The Bertz CT molecular complexity index is 873. The van der Waals surface area contributed by atoms with Gasteiger partial charge in [0.05, 0.1) is 20.3 Å². The summed E-state index contributed by atoms with van der Waals surface area (Å²) >= 11 is 0. The summed E-state index contributed by atoms with van der Waals surface area (Å²) in [7, 11) is 5.12. The highest BCUT2D eigenvalue weighted by molar-refractivity contribution is 14.0. The molecule has 1 aliphatic rings. The van der Waals surface area contributed by atoms with Crippen LogP contribution in [0.4, 0.5) is 0 Å². The molecule has 0 radical (unpaired) electrons. The molecule has 32 heavy (non-hydrogen) atoms. The van der Waals surface area contributed by atoms with Crippen molar-refractivity contribution < 1.29 is 14.2 Å². The van der Waals surface area contributed by atoms with Crippen LogP contribution >= 0.6 is 24.0 Å². The molecule has 0 fully saturated rings. The van der Waals surface area contributed by atoms with Gasteiger partial charge >= 0.3 is 0 Å². The van der Waals surface area contributed by atoms with Crippen LogP contribution in [-0.2, 0) is 30.7 Å². The Balaban J connectivity index is 0.00000363. The summed E-state index contributed by atoms with van der Waals surface area (Å²) in [4.78, 5) is 8.90. The van der Waals surface area contributed by atoms with E-state index in [0.29, 0.717) is 13.2 Å². The van der Waals surface area contributed by atoms with Crippen molar-refractivity contribution in [1.82, 2.24) is 25.4 Å². The number of hydrogen-bond acceptors (Lipinski definition) is 6. The van der Waals surface area contributed by atoms with E-state index in [4.69, 9.17) is 14.2 Å². The lowest BCUT2D eigenvalue weighted by Gasteiger charge is -2.25. The molecule has 1 atom stereocenters. The van der Waals surface area contributed by atoms with E-state index in [1.54, 1.807) is 21.3 Å². The molecule has 9 nitrogen and oxygen atoms in total. The van der Waals surface area contributed by atoms with Gasteiger partial charge < -0.3 is 24.8 Å². The number of ether oxygens (including phenoxy) is 3. The van der Waals surface area contributed by atoms with Crippen LogP contribution in [-0.4, -0.2) is 61.2 Å². The van der Waals surface area contributed by atoms with E-state index in [2.05, 4.69) is 37.8 Å². The molecule has 178 valence electrons. The second kappa shape index (κ2) is 13.5. The standard InChI is InChI=1S/C22H34N6O3.HI/c1-5-31-19-13-16(8-10-18(19)30-4)7-6-12-24-22(23-2)25-17-9-11-21-26-20(15-29-3)27-28(21)14-17;/h8,10,13,17H,5-7,9,11-12,14-15H2,1-4H3,(H2,23,24,25);1H. The third-order valence-electron chi connectivity index (χ3n) is 5.20. The van der Waals surface area contributed by atoms with Crippen molar-refractivity contribution in [2.75, 3.05) is 34.4 Å². The lowest BCUT2D eigenvalue weighted by atomic mass is 10.1. The number of nitrogens with one attached hydrogen (secondary N) is 2. The Labute approximate surface area is 207 Å². The van der Waals surface area contributed by atoms with E-state index in [0.717, 1.165) is 67.9 Å². The van der Waals surface area contributed by atoms with E-state index in [-0.39, 0.29) is 30.0 Å². The Kier molecular flexibility index (Phi) is 11.0. The van der Waals surface area contributed by atoms with Gasteiger partial charge in [-0.15, -0.1) is 24.0 Å². The molecular formula is C22H35IN6O3. The third-order valence-corrected chi connectivity index (χ3v) is 5.20. The van der Waals surface area contributed by atoms with Gasteiger partial charge in [0.1, 0.15) is 12.4 Å². The van der Waals surface area contributed by atoms with Crippen LogP contribution in [0.2, 0.25) is 0 Å². The van der Waals surface area contributed by atoms with Crippen molar-refractivity contribution in [3.8, 4) is 11.5 Å². The molecule has 2 heterocycles. The first-order valence-corrected chi connectivity index (χ1v) is 10.8. The van der Waals surface area contributed by atoms with E-state index in [1.807, 2.05) is 17.7 Å². The summed E-state index contributed by atoms with van der Waals surface area (Å²) in [6.07, 6.45) is 3.82. The first kappa shape index (κ1) is 26.2. The zero-order chi connectivity index (χ0) is 22.1. The highest BCUT2D eigenvalue weighted by atomic mass is 127. The molecular weight excluding hydrogens is 523 g/mol. The predicted octanol–water partition coefficient (Wildman–Crippen LogP) is 2.56. The number of halogens is 1. The minimum absolute atomic E-state index is 0. The van der Waals surface area contributed by atoms with Crippen molar-refractivity contribution in [2.45, 2.75) is 51.8 Å². The lowest BCUT2D eigenvalue weighted by molar-refractivity contribution is 0.177. The van der Waals surface area contributed by atoms with Gasteiger partial charge in [0.25, 0.3) is 0 Å². The number of hydrogen-bond donors (Lipinski definition) is 2. The minimum Gasteiger partial charge on any atom is -0.493 e. The Hall–Kier alpha value is -2.08. The van der Waals surface area contributed by atoms with Crippen LogP contribution in [0, 0.1) is 0 Å². The summed E-state index contributed by atoms with van der Waals surface area (Å²) in [5, 5.41) is 11.5. The lowest BCUT2D eigenvalue weighted by Crippen LogP contribution is -2.47. The van der Waals surface area contributed by atoms with Gasteiger partial charge in [-0.05, 0) is 43.9 Å². The first-order valence-electron chi connectivity index (χ1n) is 10.8. The van der Waals surface area contributed by atoms with E-state index < -0.39 is 0 Å². The number of fused-ring (bicyclic) bond motifs is 1. The van der Waals surface area contributed by atoms with E-state index >= 15 is 0 Å². The largest absolute Gasteiger partial charge is 0.493 e. The second-order valence-corrected chi connectivity index (χ2v) is 7.46. The fraction of sp³-hybridized carbons (Fsp3) is 0.591. The van der Waals surface area contributed by atoms with Crippen molar-refractivity contribution in [3.63, 3.8) is 0 Å². The third kappa shape index (κ3) is 7.22. The molecule has 0 spiro atoms. The molecule has 2 aromatic rings. The maximum atomic E-state index is 5.67. The summed E-state index contributed by atoms with van der Waals surface area (Å²) in [5.41, 5.74) is 1.23. The van der Waals surface area contributed by atoms with Gasteiger partial charge in [-0.2, -0.15) is 5.10 Å². The number of aryl methyl sites for hydroxylation is 2. The summed E-state index contributed by atoms with van der Waals surface area (Å²) in [5.74, 6) is 4.15. The van der Waals surface area contributed by atoms with Gasteiger partial charge in [0.2, 0.25) is 0 Å². The quantitative estimate of drug-likeness (QED) is 0.200. The molecule has 10 heteroatoms. The van der Waals surface area contributed by atoms with E-state index in [1.165, 1.54) is 5.56 Å². The number of nitrogens with zero attached hydrogens (tertiary/aromatic N) is 4. The second-order valence-electron chi connectivity index (χ2n) is 7.46. The minimum atomic E-state index is 0. The SMILES string of the molecule is CCOc1cc(CCCNC(=NC)NC2CCc3nc(COC)nn3C2)ccc1OC.I. The highest BCUT2D eigenvalue weighted by Crippen LogP contribution is 2.28. The number of rotatable bonds is 10. The van der Waals surface area contributed by atoms with Crippen LogP contribution in [0.25, 0.3) is 0 Å². The van der Waals surface area contributed by atoms with Gasteiger partial charge in [0, 0.05) is 33.2 Å². The molecule has 1 aromatic carbocycles. The zero-order valence-electron chi connectivity index (χ0n) is 19.4. The topological polar surface area (TPSA) is 94.8 Å². The zero-order valence-corrected chi connectivity index (χ0v) is 21.7. The summed E-state index contributed by atoms with van der Waals surface area (Å²) in [6, 6.07) is 6.38. The Morgan fingerprint density at radius 2 is 2.12 bits per heavy atom. The van der Waals surface area contributed by atoms with Crippen LogP contribution in [0.5, 0.6) is 11.5 Å². The van der Waals surface area contributed by atoms with Crippen molar-refractivity contribution >= 4 is 29.9 Å². The van der Waals surface area contributed by atoms with Crippen LogP contribution < -0.4 is 20.1 Å². The van der Waals surface area contributed by atoms with Crippen molar-refractivity contribution in [2.24, 2.45) is 4.99 Å². The molecule has 0 aliphatic carbocycles. The van der Waals surface area contributed by atoms with Gasteiger partial charge in [-0.1, -0.05) is 6.07 Å². The maximum Gasteiger partial charge on any atom is 0.191 e. The number of aromatic nitrogens is 3. The normalized spacial score (nSPS) is 15.5. The molecule has 1 unspecified atom stereocenters. The van der Waals surface area contributed by atoms with Gasteiger partial charge in [-0.25, -0.2) is 9.67 Å². The van der Waals surface area contributed by atoms with Gasteiger partial charge in [-0.3, -0.25) is 4.99 Å². The van der Waals surface area contributed by atoms with Crippen molar-refractivity contribution in [1.29, 1.82) is 0 Å². The monoisotopic (exact) mass is 558 g/mol. The molecule has 2 N–H and O–H groups in total. The van der Waals surface area contributed by atoms with Crippen LogP contribution in [0.3, 0.4) is 0 Å². The summed E-state index contributed by atoms with van der Waals surface area (Å²) < 4.78 is 18.1. The predicted molar refractivity (Wildman–Crippen MR) is 135 cm³/mol. The average molecular weight is 558 g/mol. The number of benzene rings is 1. The smallest absolute Gasteiger partial charge is 0.191 e. The molecule has 3 rings (SSSR count). The Morgan fingerprint density at radius 3 is 2.84 bits per heavy atom.